The summed E-state index contributed by atoms with van der Waals surface area (Å²) in [7, 11) is 0. The molecule has 2 aliphatic heterocycles. The summed E-state index contributed by atoms with van der Waals surface area (Å²) >= 11 is 0. The van der Waals surface area contributed by atoms with Gasteiger partial charge in [0.25, 0.3) is 0 Å². The van der Waals surface area contributed by atoms with Crippen molar-refractivity contribution in [2.75, 3.05) is 42.5 Å². The van der Waals surface area contributed by atoms with Crippen LogP contribution in [0.25, 0.3) is 0 Å². The Bertz CT molecular complexity index is 818. The summed E-state index contributed by atoms with van der Waals surface area (Å²) < 4.78 is 13.0. The van der Waals surface area contributed by atoms with Gasteiger partial charge in [-0.3, -0.25) is 4.79 Å². The van der Waals surface area contributed by atoms with E-state index in [1.165, 1.54) is 31.4 Å². The molecule has 0 spiro atoms. The second-order valence-electron chi connectivity index (χ2n) is 7.96. The third kappa shape index (κ3) is 4.66. The number of piperidine rings is 1. The van der Waals surface area contributed by atoms with Gasteiger partial charge in [-0.05, 0) is 56.0 Å². The molecule has 1 amide bonds. The number of hydrogen-bond acceptors (Lipinski definition) is 5. The third-order valence-corrected chi connectivity index (χ3v) is 5.96. The standard InChI is InChI=1S/C22H28FN5O/c1-17-4-2-3-11-28(17)21-10-9-20(24-25-21)26-12-14-27(15-13-26)22(29)16-18-5-7-19(23)8-6-18/h5-10,17H,2-4,11-16H2,1H3. The third-order valence-electron chi connectivity index (χ3n) is 5.96. The number of benzene rings is 1. The van der Waals surface area contributed by atoms with Crippen LogP contribution in [0.3, 0.4) is 0 Å². The Balaban J connectivity index is 1.31. The van der Waals surface area contributed by atoms with Crippen LogP contribution < -0.4 is 9.80 Å². The molecule has 4 rings (SSSR count). The van der Waals surface area contributed by atoms with E-state index in [-0.39, 0.29) is 11.7 Å². The Hall–Kier alpha value is -2.70. The number of piperazine rings is 1. The van der Waals surface area contributed by atoms with Gasteiger partial charge in [0.05, 0.1) is 6.42 Å². The normalized spacial score (nSPS) is 20.1. The molecule has 2 aliphatic rings. The van der Waals surface area contributed by atoms with E-state index in [0.29, 0.717) is 25.6 Å². The molecule has 1 aromatic heterocycles. The van der Waals surface area contributed by atoms with Crippen LogP contribution in [-0.2, 0) is 11.2 Å². The molecular formula is C22H28FN5O. The highest BCUT2D eigenvalue weighted by molar-refractivity contribution is 5.79. The van der Waals surface area contributed by atoms with E-state index < -0.39 is 0 Å². The molecule has 1 atom stereocenters. The predicted molar refractivity (Wildman–Crippen MR) is 112 cm³/mol. The Morgan fingerprint density at radius 3 is 2.31 bits per heavy atom. The molecule has 0 saturated carbocycles. The average Bonchev–Trinajstić information content (AvgIpc) is 2.76. The van der Waals surface area contributed by atoms with Crippen LogP contribution in [0.5, 0.6) is 0 Å². The minimum absolute atomic E-state index is 0.0803. The first-order valence-corrected chi connectivity index (χ1v) is 10.5. The number of amides is 1. The van der Waals surface area contributed by atoms with Crippen LogP contribution >= 0.6 is 0 Å². The van der Waals surface area contributed by atoms with Crippen LogP contribution in [0.2, 0.25) is 0 Å². The topological polar surface area (TPSA) is 52.6 Å². The molecule has 29 heavy (non-hydrogen) atoms. The van der Waals surface area contributed by atoms with E-state index in [1.54, 1.807) is 12.1 Å². The molecule has 0 radical (unpaired) electrons. The van der Waals surface area contributed by atoms with Gasteiger partial charge >= 0.3 is 0 Å². The number of hydrogen-bond donors (Lipinski definition) is 0. The number of carbonyl (C=O) groups is 1. The molecule has 2 aromatic rings. The fourth-order valence-electron chi connectivity index (χ4n) is 4.15. The van der Waals surface area contributed by atoms with E-state index in [1.807, 2.05) is 11.0 Å². The van der Waals surface area contributed by atoms with Gasteiger partial charge in [-0.15, -0.1) is 10.2 Å². The molecule has 2 saturated heterocycles. The first kappa shape index (κ1) is 19.6. The Morgan fingerprint density at radius 1 is 0.966 bits per heavy atom. The van der Waals surface area contributed by atoms with Crippen molar-refractivity contribution in [1.82, 2.24) is 15.1 Å². The zero-order valence-electron chi connectivity index (χ0n) is 16.9. The molecular weight excluding hydrogens is 369 g/mol. The number of halogens is 1. The van der Waals surface area contributed by atoms with Crippen LogP contribution in [-0.4, -0.2) is 59.8 Å². The summed E-state index contributed by atoms with van der Waals surface area (Å²) in [4.78, 5) is 18.9. The van der Waals surface area contributed by atoms with Crippen LogP contribution in [0.4, 0.5) is 16.0 Å². The summed E-state index contributed by atoms with van der Waals surface area (Å²) in [6.07, 6.45) is 4.01. The fourth-order valence-corrected chi connectivity index (χ4v) is 4.15. The molecule has 154 valence electrons. The van der Waals surface area contributed by atoms with Gasteiger partial charge in [0.1, 0.15) is 5.82 Å². The first-order chi connectivity index (χ1) is 14.1. The average molecular weight is 397 g/mol. The van der Waals surface area contributed by atoms with Crippen LogP contribution in [0, 0.1) is 5.82 Å². The highest BCUT2D eigenvalue weighted by atomic mass is 19.1. The molecule has 1 unspecified atom stereocenters. The highest BCUT2D eigenvalue weighted by Gasteiger charge is 2.23. The van der Waals surface area contributed by atoms with Gasteiger partial charge in [-0.1, -0.05) is 12.1 Å². The van der Waals surface area contributed by atoms with Crippen molar-refractivity contribution in [2.45, 2.75) is 38.6 Å². The van der Waals surface area contributed by atoms with Crippen molar-refractivity contribution in [2.24, 2.45) is 0 Å². The largest absolute Gasteiger partial charge is 0.352 e. The van der Waals surface area contributed by atoms with E-state index in [9.17, 15) is 9.18 Å². The van der Waals surface area contributed by atoms with Crippen LogP contribution in [0.15, 0.2) is 36.4 Å². The summed E-state index contributed by atoms with van der Waals surface area (Å²) in [5.74, 6) is 1.62. The molecule has 7 heteroatoms. The van der Waals surface area contributed by atoms with Crippen LogP contribution in [0.1, 0.15) is 31.7 Å². The maximum atomic E-state index is 13.0. The zero-order valence-corrected chi connectivity index (χ0v) is 16.9. The van der Waals surface area contributed by atoms with Crippen molar-refractivity contribution in [3.63, 3.8) is 0 Å². The lowest BCUT2D eigenvalue weighted by molar-refractivity contribution is -0.130. The number of carbonyl (C=O) groups excluding carboxylic acids is 1. The number of aromatic nitrogens is 2. The zero-order chi connectivity index (χ0) is 20.2. The van der Waals surface area contributed by atoms with Gasteiger partial charge in [0, 0.05) is 38.8 Å². The molecule has 1 aromatic carbocycles. The summed E-state index contributed by atoms with van der Waals surface area (Å²) in [5.41, 5.74) is 0.840. The van der Waals surface area contributed by atoms with E-state index in [4.69, 9.17) is 0 Å². The summed E-state index contributed by atoms with van der Waals surface area (Å²) in [6, 6.07) is 10.8. The maximum absolute atomic E-state index is 13.0. The number of anilines is 2. The Kier molecular flexibility index (Phi) is 5.92. The smallest absolute Gasteiger partial charge is 0.227 e. The highest BCUT2D eigenvalue weighted by Crippen LogP contribution is 2.23. The van der Waals surface area contributed by atoms with Crippen molar-refractivity contribution in [1.29, 1.82) is 0 Å². The molecule has 0 aliphatic carbocycles. The first-order valence-electron chi connectivity index (χ1n) is 10.5. The lowest BCUT2D eigenvalue weighted by Gasteiger charge is -2.36. The maximum Gasteiger partial charge on any atom is 0.227 e. The van der Waals surface area contributed by atoms with Gasteiger partial charge in [-0.25, -0.2) is 4.39 Å². The van der Waals surface area contributed by atoms with Gasteiger partial charge < -0.3 is 14.7 Å². The lowest BCUT2D eigenvalue weighted by atomic mass is 10.0. The van der Waals surface area contributed by atoms with E-state index in [2.05, 4.69) is 33.0 Å². The second-order valence-corrected chi connectivity index (χ2v) is 7.96. The van der Waals surface area contributed by atoms with Gasteiger partial charge in [-0.2, -0.15) is 0 Å². The quantitative estimate of drug-likeness (QED) is 0.794. The van der Waals surface area contributed by atoms with E-state index >= 15 is 0 Å². The monoisotopic (exact) mass is 397 g/mol. The number of rotatable bonds is 4. The van der Waals surface area contributed by atoms with Crippen molar-refractivity contribution in [3.05, 3.63) is 47.8 Å². The van der Waals surface area contributed by atoms with Crippen molar-refractivity contribution in [3.8, 4) is 0 Å². The summed E-state index contributed by atoms with van der Waals surface area (Å²) in [5, 5.41) is 8.92. The molecule has 0 N–H and O–H groups in total. The van der Waals surface area contributed by atoms with Gasteiger partial charge in [0.15, 0.2) is 11.6 Å². The lowest BCUT2D eigenvalue weighted by Crippen LogP contribution is -2.49. The summed E-state index contributed by atoms with van der Waals surface area (Å²) in [6.45, 7) is 6.09. The minimum Gasteiger partial charge on any atom is -0.352 e. The minimum atomic E-state index is -0.281. The van der Waals surface area contributed by atoms with E-state index in [0.717, 1.165) is 36.8 Å². The van der Waals surface area contributed by atoms with Crippen molar-refractivity contribution >= 4 is 17.5 Å². The van der Waals surface area contributed by atoms with Crippen molar-refractivity contribution < 1.29 is 9.18 Å². The second kappa shape index (κ2) is 8.76. The number of nitrogens with zero attached hydrogens (tertiary/aromatic N) is 5. The SMILES string of the molecule is CC1CCCCN1c1ccc(N2CCN(C(=O)Cc3ccc(F)cc3)CC2)nn1. The van der Waals surface area contributed by atoms with Gasteiger partial charge in [0.2, 0.25) is 5.91 Å². The molecule has 2 fully saturated rings. The predicted octanol–water partition coefficient (Wildman–Crippen LogP) is 2.89. The molecule has 0 bridgehead atoms. The Labute approximate surface area is 171 Å². The Morgan fingerprint density at radius 2 is 1.66 bits per heavy atom. The molecule has 3 heterocycles. The molecule has 6 nitrogen and oxygen atoms in total. The fraction of sp³-hybridized carbons (Fsp3) is 0.500.